The standard InChI is InChI=1S/C16H24N2O2/c1-15(2,3)20-14(19)16(9-11-18(17)12-10-16)13-7-5-4-6-8-13/h4-8H,9-12,17H2,1-3H3. The molecular formula is C16H24N2O2. The minimum absolute atomic E-state index is 0.135. The van der Waals surface area contributed by atoms with Crippen molar-refractivity contribution in [3.8, 4) is 0 Å². The Morgan fingerprint density at radius 3 is 2.25 bits per heavy atom. The first kappa shape index (κ1) is 15.0. The van der Waals surface area contributed by atoms with Crippen LogP contribution in [-0.2, 0) is 14.9 Å². The van der Waals surface area contributed by atoms with Gasteiger partial charge in [-0.05, 0) is 39.2 Å². The third-order valence-corrected chi connectivity index (χ3v) is 3.77. The molecule has 4 nitrogen and oxygen atoms in total. The molecule has 110 valence electrons. The van der Waals surface area contributed by atoms with E-state index < -0.39 is 11.0 Å². The maximum Gasteiger partial charge on any atom is 0.317 e. The van der Waals surface area contributed by atoms with Gasteiger partial charge >= 0.3 is 5.97 Å². The highest BCUT2D eigenvalue weighted by molar-refractivity contribution is 5.83. The third kappa shape index (κ3) is 3.19. The predicted octanol–water partition coefficient (Wildman–Crippen LogP) is 2.24. The van der Waals surface area contributed by atoms with E-state index >= 15 is 0 Å². The predicted molar refractivity (Wildman–Crippen MR) is 79.0 cm³/mol. The average Bonchev–Trinajstić information content (AvgIpc) is 2.39. The van der Waals surface area contributed by atoms with Gasteiger partial charge in [0.1, 0.15) is 5.60 Å². The van der Waals surface area contributed by atoms with Crippen LogP contribution in [0.3, 0.4) is 0 Å². The number of ether oxygens (including phenoxy) is 1. The van der Waals surface area contributed by atoms with Gasteiger partial charge in [0, 0.05) is 13.1 Å². The molecule has 0 saturated carbocycles. The summed E-state index contributed by atoms with van der Waals surface area (Å²) in [5.41, 5.74) is -0.00862. The second-order valence-corrected chi connectivity index (χ2v) is 6.49. The zero-order valence-corrected chi connectivity index (χ0v) is 12.6. The number of hydrogen-bond acceptors (Lipinski definition) is 4. The number of piperidine rings is 1. The molecule has 0 radical (unpaired) electrons. The molecule has 0 atom stereocenters. The number of nitrogens with two attached hydrogens (primary N) is 1. The van der Waals surface area contributed by atoms with Crippen molar-refractivity contribution in [3.63, 3.8) is 0 Å². The highest BCUT2D eigenvalue weighted by Gasteiger charge is 2.45. The van der Waals surface area contributed by atoms with E-state index in [4.69, 9.17) is 10.6 Å². The van der Waals surface area contributed by atoms with Gasteiger partial charge in [0.05, 0.1) is 5.41 Å². The summed E-state index contributed by atoms with van der Waals surface area (Å²) in [6, 6.07) is 9.92. The lowest BCUT2D eigenvalue weighted by Crippen LogP contribution is -2.51. The maximum atomic E-state index is 12.8. The van der Waals surface area contributed by atoms with Gasteiger partial charge in [0.2, 0.25) is 0 Å². The van der Waals surface area contributed by atoms with Gasteiger partial charge in [-0.2, -0.15) is 0 Å². The first-order chi connectivity index (χ1) is 9.33. The van der Waals surface area contributed by atoms with Gasteiger partial charge in [0.25, 0.3) is 0 Å². The molecule has 0 aromatic heterocycles. The number of hydrogen-bond donors (Lipinski definition) is 1. The number of esters is 1. The SMILES string of the molecule is CC(C)(C)OC(=O)C1(c2ccccc2)CCN(N)CC1. The van der Waals surface area contributed by atoms with Crippen molar-refractivity contribution in [1.82, 2.24) is 5.01 Å². The Kier molecular flexibility index (Phi) is 4.16. The Morgan fingerprint density at radius 1 is 1.20 bits per heavy atom. The average molecular weight is 276 g/mol. The van der Waals surface area contributed by atoms with Crippen LogP contribution in [0.1, 0.15) is 39.2 Å². The van der Waals surface area contributed by atoms with Crippen LogP contribution >= 0.6 is 0 Å². The van der Waals surface area contributed by atoms with E-state index in [-0.39, 0.29) is 5.97 Å². The summed E-state index contributed by atoms with van der Waals surface area (Å²) in [6.07, 6.45) is 1.39. The van der Waals surface area contributed by atoms with Crippen molar-refractivity contribution >= 4 is 5.97 Å². The Morgan fingerprint density at radius 2 is 1.75 bits per heavy atom. The van der Waals surface area contributed by atoms with Crippen molar-refractivity contribution in [2.45, 2.75) is 44.6 Å². The van der Waals surface area contributed by atoms with E-state index in [1.54, 1.807) is 5.01 Å². The topological polar surface area (TPSA) is 55.6 Å². The van der Waals surface area contributed by atoms with E-state index in [0.717, 1.165) is 5.56 Å². The summed E-state index contributed by atoms with van der Waals surface area (Å²) in [5.74, 6) is 5.71. The molecule has 20 heavy (non-hydrogen) atoms. The van der Waals surface area contributed by atoms with Gasteiger partial charge in [0.15, 0.2) is 0 Å². The highest BCUT2D eigenvalue weighted by atomic mass is 16.6. The molecule has 0 spiro atoms. The van der Waals surface area contributed by atoms with Crippen molar-refractivity contribution in [2.75, 3.05) is 13.1 Å². The van der Waals surface area contributed by atoms with Gasteiger partial charge in [-0.15, -0.1) is 0 Å². The molecule has 1 heterocycles. The molecular weight excluding hydrogens is 252 g/mol. The molecule has 1 aromatic rings. The lowest BCUT2D eigenvalue weighted by Gasteiger charge is -2.40. The summed E-state index contributed by atoms with van der Waals surface area (Å²) < 4.78 is 5.67. The first-order valence-electron chi connectivity index (χ1n) is 7.12. The van der Waals surface area contributed by atoms with E-state index in [2.05, 4.69) is 0 Å². The van der Waals surface area contributed by atoms with E-state index in [9.17, 15) is 4.79 Å². The molecule has 0 aliphatic carbocycles. The second-order valence-electron chi connectivity index (χ2n) is 6.49. The largest absolute Gasteiger partial charge is 0.459 e. The van der Waals surface area contributed by atoms with Crippen LogP contribution in [0.4, 0.5) is 0 Å². The molecule has 0 unspecified atom stereocenters. The molecule has 1 aliphatic heterocycles. The van der Waals surface area contributed by atoms with E-state index in [0.29, 0.717) is 25.9 Å². The lowest BCUT2D eigenvalue weighted by atomic mass is 9.73. The normalized spacial score (nSPS) is 19.6. The van der Waals surface area contributed by atoms with Crippen LogP contribution < -0.4 is 5.84 Å². The fraction of sp³-hybridized carbons (Fsp3) is 0.562. The Balaban J connectivity index is 2.32. The summed E-state index contributed by atoms with van der Waals surface area (Å²) in [4.78, 5) is 12.8. The molecule has 1 fully saturated rings. The van der Waals surface area contributed by atoms with Crippen molar-refractivity contribution in [2.24, 2.45) is 5.84 Å². The Hall–Kier alpha value is -1.39. The van der Waals surface area contributed by atoms with Crippen molar-refractivity contribution in [3.05, 3.63) is 35.9 Å². The zero-order chi connectivity index (χ0) is 14.8. The lowest BCUT2D eigenvalue weighted by molar-refractivity contribution is -0.164. The molecule has 1 aliphatic rings. The van der Waals surface area contributed by atoms with Crippen LogP contribution in [0.25, 0.3) is 0 Å². The number of carbonyl (C=O) groups excluding carboxylic acids is 1. The Bertz CT molecular complexity index is 457. The van der Waals surface area contributed by atoms with Gasteiger partial charge in [-0.3, -0.25) is 10.6 Å². The van der Waals surface area contributed by atoms with Crippen molar-refractivity contribution in [1.29, 1.82) is 0 Å². The molecule has 4 heteroatoms. The fourth-order valence-electron chi connectivity index (χ4n) is 2.65. The van der Waals surface area contributed by atoms with Gasteiger partial charge in [-0.25, -0.2) is 5.01 Å². The Labute approximate surface area is 120 Å². The second kappa shape index (κ2) is 5.54. The molecule has 0 bridgehead atoms. The van der Waals surface area contributed by atoms with Gasteiger partial charge in [-0.1, -0.05) is 30.3 Å². The minimum atomic E-state index is -0.565. The monoisotopic (exact) mass is 276 g/mol. The molecule has 1 saturated heterocycles. The smallest absolute Gasteiger partial charge is 0.317 e. The molecule has 2 rings (SSSR count). The summed E-state index contributed by atoms with van der Waals surface area (Å²) >= 11 is 0. The van der Waals surface area contributed by atoms with Crippen LogP contribution in [-0.4, -0.2) is 29.7 Å². The maximum absolute atomic E-state index is 12.8. The van der Waals surface area contributed by atoms with Crippen LogP contribution in [0, 0.1) is 0 Å². The third-order valence-electron chi connectivity index (χ3n) is 3.77. The number of carbonyl (C=O) groups is 1. The molecule has 2 N–H and O–H groups in total. The number of benzene rings is 1. The highest BCUT2D eigenvalue weighted by Crippen LogP contribution is 2.37. The fourth-order valence-corrected chi connectivity index (χ4v) is 2.65. The number of nitrogens with zero attached hydrogens (tertiary/aromatic N) is 1. The molecule has 0 amide bonds. The minimum Gasteiger partial charge on any atom is -0.459 e. The van der Waals surface area contributed by atoms with E-state index in [1.165, 1.54) is 0 Å². The summed E-state index contributed by atoms with van der Waals surface area (Å²) in [7, 11) is 0. The van der Waals surface area contributed by atoms with Gasteiger partial charge < -0.3 is 4.74 Å². The van der Waals surface area contributed by atoms with Crippen LogP contribution in [0.15, 0.2) is 30.3 Å². The van der Waals surface area contributed by atoms with Crippen molar-refractivity contribution < 1.29 is 9.53 Å². The summed E-state index contributed by atoms with van der Waals surface area (Å²) in [6.45, 7) is 7.12. The zero-order valence-electron chi connectivity index (χ0n) is 12.6. The molecule has 1 aromatic carbocycles. The first-order valence-corrected chi connectivity index (χ1v) is 7.12. The van der Waals surface area contributed by atoms with Crippen LogP contribution in [0.5, 0.6) is 0 Å². The number of rotatable bonds is 2. The summed E-state index contributed by atoms with van der Waals surface area (Å²) in [5, 5.41) is 1.77. The quantitative estimate of drug-likeness (QED) is 0.665. The number of hydrazine groups is 1. The van der Waals surface area contributed by atoms with E-state index in [1.807, 2.05) is 51.1 Å². The van der Waals surface area contributed by atoms with Crippen LogP contribution in [0.2, 0.25) is 0 Å².